The van der Waals surface area contributed by atoms with E-state index in [1.54, 1.807) is 0 Å². The second-order valence-electron chi connectivity index (χ2n) is 10.4. The molecule has 2 aliphatic heterocycles. The van der Waals surface area contributed by atoms with Gasteiger partial charge in [-0.3, -0.25) is 18.3 Å². The lowest BCUT2D eigenvalue weighted by Crippen LogP contribution is -2.55. The van der Waals surface area contributed by atoms with E-state index in [-0.39, 0.29) is 0 Å². The summed E-state index contributed by atoms with van der Waals surface area (Å²) in [5.74, 6) is 0. The summed E-state index contributed by atoms with van der Waals surface area (Å²) in [4.78, 5) is 0. The van der Waals surface area contributed by atoms with Crippen LogP contribution in [0.1, 0.15) is 79.1 Å². The van der Waals surface area contributed by atoms with Crippen molar-refractivity contribution in [1.29, 1.82) is 0 Å². The van der Waals surface area contributed by atoms with E-state index in [1.807, 2.05) is 12.2 Å². The van der Waals surface area contributed by atoms with Crippen LogP contribution in [0.25, 0.3) is 0 Å². The summed E-state index contributed by atoms with van der Waals surface area (Å²) < 4.78 is 10.6. The Balaban J connectivity index is 0.000000191. The zero-order valence-corrected chi connectivity index (χ0v) is 25.8. The Bertz CT molecular complexity index is 585. The molecule has 2 heterocycles. The first-order valence-electron chi connectivity index (χ1n) is 14.0. The molecule has 0 aromatic rings. The molecule has 196 valence electrons. The van der Waals surface area contributed by atoms with Gasteiger partial charge in [0.1, 0.15) is 0 Å². The normalized spacial score (nSPS) is 33.6. The number of likely N-dealkylation sites (N-methyl/N-ethyl adjacent to an activating group) is 4. The first kappa shape index (κ1) is 28.9. The van der Waals surface area contributed by atoms with Crippen molar-refractivity contribution in [1.82, 2.24) is 18.3 Å². The largest absolute Gasteiger partial charge is 0.311 e. The minimum Gasteiger partial charge on any atom is -0.295 e. The fourth-order valence-corrected chi connectivity index (χ4v) is 18.8. The summed E-state index contributed by atoms with van der Waals surface area (Å²) in [5, 5.41) is 0. The Morgan fingerprint density at radius 3 is 1.00 bits per heavy atom. The maximum absolute atomic E-state index is 7.10. The quantitative estimate of drug-likeness (QED) is 0.193. The molecule has 4 atom stereocenters. The van der Waals surface area contributed by atoms with Crippen LogP contribution in [0.15, 0.2) is 25.3 Å². The number of fused-ring (bicyclic) bond motifs is 2. The molecular weight excluding hydrogens is 495 g/mol. The number of hydrogen-bond donors (Lipinski definition) is 0. The lowest BCUT2D eigenvalue weighted by molar-refractivity contribution is 0.210. The maximum Gasteiger partial charge on any atom is 0.311 e. The maximum atomic E-state index is 7.10. The van der Waals surface area contributed by atoms with E-state index >= 15 is 0 Å². The zero-order valence-electron chi connectivity index (χ0n) is 22.3. The molecule has 4 rings (SSSR count). The summed E-state index contributed by atoms with van der Waals surface area (Å²) >= 11 is 14.2. The summed E-state index contributed by atoms with van der Waals surface area (Å²) in [6.07, 6.45) is 14.9. The third-order valence-corrected chi connectivity index (χ3v) is 20.2. The van der Waals surface area contributed by atoms with Crippen molar-refractivity contribution in [3.63, 3.8) is 0 Å². The minimum atomic E-state index is -1.95. The third kappa shape index (κ3) is 5.17. The van der Waals surface area contributed by atoms with Crippen molar-refractivity contribution < 1.29 is 0 Å². The first-order chi connectivity index (χ1) is 16.4. The van der Waals surface area contributed by atoms with Gasteiger partial charge in [0.15, 0.2) is 0 Å². The molecule has 34 heavy (non-hydrogen) atoms. The van der Waals surface area contributed by atoms with Gasteiger partial charge in [0.05, 0.1) is 0 Å². The molecule has 0 aromatic heterocycles. The topological polar surface area (TPSA) is 13.0 Å². The zero-order chi connectivity index (χ0) is 24.9. The lowest BCUT2D eigenvalue weighted by Gasteiger charge is -2.35. The van der Waals surface area contributed by atoms with E-state index in [4.69, 9.17) is 22.2 Å². The Morgan fingerprint density at radius 1 is 0.588 bits per heavy atom. The van der Waals surface area contributed by atoms with Crippen molar-refractivity contribution in [3.05, 3.63) is 25.3 Å². The molecule has 0 N–H and O–H groups in total. The van der Waals surface area contributed by atoms with Crippen LogP contribution < -0.4 is 0 Å². The van der Waals surface area contributed by atoms with E-state index in [0.717, 1.165) is 62.4 Å². The summed E-state index contributed by atoms with van der Waals surface area (Å²) in [5.41, 5.74) is 0. The van der Waals surface area contributed by atoms with Crippen LogP contribution in [0.5, 0.6) is 0 Å². The molecule has 4 fully saturated rings. The summed E-state index contributed by atoms with van der Waals surface area (Å²) in [6.45, 7) is 21.3. The molecule has 0 aromatic carbocycles. The van der Waals surface area contributed by atoms with E-state index in [2.05, 4.69) is 59.1 Å². The Kier molecular flexibility index (Phi) is 10.8. The van der Waals surface area contributed by atoms with Gasteiger partial charge < -0.3 is 0 Å². The average Bonchev–Trinajstić information content (AvgIpc) is 3.22. The predicted molar refractivity (Wildman–Crippen MR) is 155 cm³/mol. The molecule has 2 saturated carbocycles. The second-order valence-corrected chi connectivity index (χ2v) is 20.0. The molecule has 0 unspecified atom stereocenters. The third-order valence-electron chi connectivity index (χ3n) is 8.92. The summed E-state index contributed by atoms with van der Waals surface area (Å²) in [7, 11) is -3.90. The molecule has 8 heteroatoms. The average molecular weight is 546 g/mol. The highest BCUT2D eigenvalue weighted by molar-refractivity contribution is 7.18. The van der Waals surface area contributed by atoms with Gasteiger partial charge in [-0.15, -0.1) is 35.3 Å². The number of nitrogens with zero attached hydrogens (tertiary/aromatic N) is 4. The van der Waals surface area contributed by atoms with Crippen LogP contribution in [0.4, 0.5) is 0 Å². The van der Waals surface area contributed by atoms with Gasteiger partial charge in [-0.2, -0.15) is 0 Å². The van der Waals surface area contributed by atoms with E-state index in [0.29, 0.717) is 0 Å². The Morgan fingerprint density at radius 2 is 0.824 bits per heavy atom. The molecule has 0 spiro atoms. The van der Waals surface area contributed by atoms with Crippen molar-refractivity contribution in [2.24, 2.45) is 0 Å². The molecule has 0 amide bonds. The van der Waals surface area contributed by atoms with Crippen LogP contribution in [0.3, 0.4) is 0 Å². The second kappa shape index (κ2) is 12.7. The molecule has 2 aliphatic carbocycles. The van der Waals surface area contributed by atoms with Gasteiger partial charge in [-0.25, -0.2) is 0 Å². The fraction of sp³-hybridized carbons (Fsp3) is 0.846. The van der Waals surface area contributed by atoms with E-state index in [1.165, 1.54) is 51.4 Å². The molecule has 0 bridgehead atoms. The van der Waals surface area contributed by atoms with Crippen molar-refractivity contribution in [2.45, 2.75) is 115 Å². The molecule has 2 saturated heterocycles. The van der Waals surface area contributed by atoms with Crippen LogP contribution in [0.2, 0.25) is 12.1 Å². The van der Waals surface area contributed by atoms with Gasteiger partial charge in [-0.05, 0) is 51.9 Å². The standard InChI is InChI=1S/2C13H25ClN2Si/c2*1-4-11-17(14)15(5-2)12-9-7-8-10-13(12)16(17)6-3/h2*4,12-13H,1,5-11H2,2-3H3/t2*12-,13-/m10/s1. The van der Waals surface area contributed by atoms with Crippen LogP contribution >= 0.6 is 22.2 Å². The van der Waals surface area contributed by atoms with E-state index in [9.17, 15) is 0 Å². The van der Waals surface area contributed by atoms with E-state index < -0.39 is 15.4 Å². The smallest absolute Gasteiger partial charge is 0.295 e. The molecular formula is C26H50Cl2N4Si2. The SMILES string of the molecule is C=CC[Si]1(Cl)N(CC)[C@@H]2CCCC[C@H]2N1CC.C=CC[Si]1(Cl)N(CC)[C@H]2CCCC[C@@H]2N1CC. The van der Waals surface area contributed by atoms with Gasteiger partial charge in [0, 0.05) is 36.3 Å². The highest BCUT2D eigenvalue weighted by atomic mass is 35.6. The summed E-state index contributed by atoms with van der Waals surface area (Å²) in [6, 6.07) is 4.86. The van der Waals surface area contributed by atoms with Crippen LogP contribution in [0, 0.1) is 0 Å². The van der Waals surface area contributed by atoms with Crippen molar-refractivity contribution >= 4 is 37.6 Å². The van der Waals surface area contributed by atoms with Gasteiger partial charge in [0.2, 0.25) is 0 Å². The monoisotopic (exact) mass is 544 g/mol. The number of allylic oxidation sites excluding steroid dienone is 2. The Labute approximate surface area is 222 Å². The molecule has 4 nitrogen and oxygen atoms in total. The van der Waals surface area contributed by atoms with Crippen molar-refractivity contribution in [2.75, 3.05) is 26.2 Å². The fourth-order valence-electron chi connectivity index (χ4n) is 7.73. The van der Waals surface area contributed by atoms with Crippen molar-refractivity contribution in [3.8, 4) is 0 Å². The lowest BCUT2D eigenvalue weighted by atomic mass is 9.90. The first-order valence-corrected chi connectivity index (χ1v) is 20.3. The highest BCUT2D eigenvalue weighted by Crippen LogP contribution is 2.44. The predicted octanol–water partition coefficient (Wildman–Crippen LogP) is 6.64. The van der Waals surface area contributed by atoms with Crippen LogP contribution in [-0.4, -0.2) is 84.0 Å². The number of halogens is 2. The van der Waals surface area contributed by atoms with Crippen LogP contribution in [-0.2, 0) is 0 Å². The Hall–Kier alpha value is 0.334. The minimum absolute atomic E-state index is 0.720. The number of hydrogen-bond acceptors (Lipinski definition) is 4. The van der Waals surface area contributed by atoms with Gasteiger partial charge in [0.25, 0.3) is 0 Å². The van der Waals surface area contributed by atoms with Gasteiger partial charge >= 0.3 is 15.4 Å². The highest BCUT2D eigenvalue weighted by Gasteiger charge is 2.58. The van der Waals surface area contributed by atoms with Gasteiger partial charge in [-0.1, -0.05) is 65.5 Å². The number of rotatable bonds is 8. The molecule has 0 radical (unpaired) electrons. The molecule has 4 aliphatic rings.